The standard InChI is InChI=1S/C26H33N3O6/c1-2-3-14-20(15-18-10-6-4-7-11-18)23(27)25(33)29-24(32)21(16-22(30)31)28-26(34)35-17-19-12-8-5-9-13-19/h4-13,20-21,23H,2-3,14-17,27H2,1H3,(H,28,34)(H,30,31)(H,29,32,33)/t20?,21-,23?/m0/s1. The first kappa shape index (κ1) is 27.5. The Morgan fingerprint density at radius 3 is 2.11 bits per heavy atom. The Bertz CT molecular complexity index is 968. The Balaban J connectivity index is 1.99. The second-order valence-electron chi connectivity index (χ2n) is 8.33. The number of carbonyl (C=O) groups is 4. The summed E-state index contributed by atoms with van der Waals surface area (Å²) < 4.78 is 5.06. The molecule has 3 amide bonds. The van der Waals surface area contributed by atoms with Gasteiger partial charge in [0, 0.05) is 0 Å². The van der Waals surface area contributed by atoms with E-state index in [9.17, 15) is 19.2 Å². The lowest BCUT2D eigenvalue weighted by Gasteiger charge is -2.24. The summed E-state index contributed by atoms with van der Waals surface area (Å²) >= 11 is 0. The van der Waals surface area contributed by atoms with Gasteiger partial charge in [-0.3, -0.25) is 19.7 Å². The van der Waals surface area contributed by atoms with Crippen molar-refractivity contribution in [3.8, 4) is 0 Å². The number of alkyl carbamates (subject to hydrolysis) is 1. The summed E-state index contributed by atoms with van der Waals surface area (Å²) in [5.74, 6) is -3.22. The van der Waals surface area contributed by atoms with Gasteiger partial charge in [0.15, 0.2) is 0 Å². The number of hydrogen-bond donors (Lipinski definition) is 4. The third-order valence-electron chi connectivity index (χ3n) is 5.53. The van der Waals surface area contributed by atoms with Crippen molar-refractivity contribution in [1.82, 2.24) is 10.6 Å². The molecule has 0 aliphatic heterocycles. The van der Waals surface area contributed by atoms with Gasteiger partial charge < -0.3 is 20.9 Å². The van der Waals surface area contributed by atoms with Crippen molar-refractivity contribution in [2.45, 2.75) is 57.7 Å². The van der Waals surface area contributed by atoms with E-state index >= 15 is 0 Å². The van der Waals surface area contributed by atoms with Gasteiger partial charge in [-0.05, 0) is 29.9 Å². The molecule has 0 fully saturated rings. The van der Waals surface area contributed by atoms with Crippen LogP contribution < -0.4 is 16.4 Å². The van der Waals surface area contributed by atoms with Crippen molar-refractivity contribution in [2.75, 3.05) is 0 Å². The van der Waals surface area contributed by atoms with Crippen molar-refractivity contribution >= 4 is 23.9 Å². The molecule has 188 valence electrons. The van der Waals surface area contributed by atoms with E-state index in [0.717, 1.165) is 24.0 Å². The van der Waals surface area contributed by atoms with Crippen LogP contribution in [0.25, 0.3) is 0 Å². The first-order valence-electron chi connectivity index (χ1n) is 11.6. The van der Waals surface area contributed by atoms with E-state index in [2.05, 4.69) is 10.6 Å². The lowest BCUT2D eigenvalue weighted by atomic mass is 9.87. The van der Waals surface area contributed by atoms with E-state index in [-0.39, 0.29) is 12.5 Å². The van der Waals surface area contributed by atoms with Crippen LogP contribution in [0.5, 0.6) is 0 Å². The summed E-state index contributed by atoms with van der Waals surface area (Å²) in [6.45, 7) is 1.98. The lowest BCUT2D eigenvalue weighted by Crippen LogP contribution is -2.54. The molecule has 2 aromatic carbocycles. The zero-order valence-electron chi connectivity index (χ0n) is 19.8. The molecule has 2 rings (SSSR count). The number of carbonyl (C=O) groups excluding carboxylic acids is 3. The number of ether oxygens (including phenoxy) is 1. The number of carboxylic acids is 1. The topological polar surface area (TPSA) is 148 Å². The zero-order chi connectivity index (χ0) is 25.6. The number of nitrogens with one attached hydrogen (secondary N) is 2. The van der Waals surface area contributed by atoms with E-state index in [1.54, 1.807) is 24.3 Å². The molecule has 9 heteroatoms. The third kappa shape index (κ3) is 9.97. The Hall–Kier alpha value is -3.72. The number of carboxylic acid groups (broad SMARTS) is 1. The molecule has 0 aliphatic carbocycles. The van der Waals surface area contributed by atoms with Crippen LogP contribution in [0.2, 0.25) is 0 Å². The van der Waals surface area contributed by atoms with Gasteiger partial charge >= 0.3 is 12.1 Å². The first-order valence-corrected chi connectivity index (χ1v) is 11.6. The van der Waals surface area contributed by atoms with Gasteiger partial charge in [0.05, 0.1) is 12.5 Å². The molecule has 0 radical (unpaired) electrons. The number of benzene rings is 2. The number of unbranched alkanes of at least 4 members (excludes halogenated alkanes) is 1. The fourth-order valence-corrected chi connectivity index (χ4v) is 3.59. The molecular weight excluding hydrogens is 450 g/mol. The minimum Gasteiger partial charge on any atom is -0.481 e. The van der Waals surface area contributed by atoms with Crippen LogP contribution in [-0.4, -0.2) is 41.1 Å². The number of amides is 3. The lowest BCUT2D eigenvalue weighted by molar-refractivity contribution is -0.141. The molecule has 0 heterocycles. The van der Waals surface area contributed by atoms with Crippen LogP contribution in [0.3, 0.4) is 0 Å². The zero-order valence-corrected chi connectivity index (χ0v) is 19.8. The third-order valence-corrected chi connectivity index (χ3v) is 5.53. The van der Waals surface area contributed by atoms with E-state index in [0.29, 0.717) is 12.8 Å². The number of hydrogen-bond acceptors (Lipinski definition) is 6. The van der Waals surface area contributed by atoms with Crippen LogP contribution in [0.4, 0.5) is 4.79 Å². The number of nitrogens with two attached hydrogens (primary N) is 1. The van der Waals surface area contributed by atoms with Crippen LogP contribution in [0, 0.1) is 5.92 Å². The minimum absolute atomic E-state index is 0.0590. The fraction of sp³-hybridized carbons (Fsp3) is 0.385. The van der Waals surface area contributed by atoms with Crippen molar-refractivity contribution < 1.29 is 29.0 Å². The van der Waals surface area contributed by atoms with Gasteiger partial charge in [0.25, 0.3) is 0 Å². The van der Waals surface area contributed by atoms with Crippen molar-refractivity contribution in [1.29, 1.82) is 0 Å². The molecule has 2 unspecified atom stereocenters. The summed E-state index contributed by atoms with van der Waals surface area (Å²) in [6, 6.07) is 16.0. The molecular formula is C26H33N3O6. The van der Waals surface area contributed by atoms with E-state index in [4.69, 9.17) is 15.6 Å². The second kappa shape index (κ2) is 14.5. The molecule has 2 aromatic rings. The molecule has 9 nitrogen and oxygen atoms in total. The molecule has 0 aliphatic rings. The van der Waals surface area contributed by atoms with Crippen molar-refractivity contribution in [3.05, 3.63) is 71.8 Å². The average molecular weight is 484 g/mol. The Morgan fingerprint density at radius 1 is 0.943 bits per heavy atom. The quantitative estimate of drug-likeness (QED) is 0.342. The molecule has 0 bridgehead atoms. The SMILES string of the molecule is CCCCC(Cc1ccccc1)C(N)C(=O)NC(=O)[C@H](CC(=O)O)NC(=O)OCc1ccccc1. The predicted molar refractivity (Wildman–Crippen MR) is 130 cm³/mol. The maximum absolute atomic E-state index is 12.8. The van der Waals surface area contributed by atoms with Gasteiger partial charge in [-0.25, -0.2) is 4.79 Å². The van der Waals surface area contributed by atoms with Gasteiger partial charge in [-0.15, -0.1) is 0 Å². The van der Waals surface area contributed by atoms with Gasteiger partial charge in [-0.2, -0.15) is 0 Å². The van der Waals surface area contributed by atoms with Gasteiger partial charge in [0.1, 0.15) is 12.6 Å². The Labute approximate surface area is 205 Å². The maximum atomic E-state index is 12.8. The van der Waals surface area contributed by atoms with E-state index < -0.39 is 42.4 Å². The van der Waals surface area contributed by atoms with Gasteiger partial charge in [0.2, 0.25) is 11.8 Å². The van der Waals surface area contributed by atoms with Crippen molar-refractivity contribution in [2.24, 2.45) is 11.7 Å². The van der Waals surface area contributed by atoms with Crippen molar-refractivity contribution in [3.63, 3.8) is 0 Å². The van der Waals surface area contributed by atoms with E-state index in [1.807, 2.05) is 43.3 Å². The number of imide groups is 1. The largest absolute Gasteiger partial charge is 0.481 e. The van der Waals surface area contributed by atoms with Crippen LogP contribution in [0.1, 0.15) is 43.7 Å². The Morgan fingerprint density at radius 2 is 1.54 bits per heavy atom. The Kier molecular flexibility index (Phi) is 11.4. The van der Waals surface area contributed by atoms with Crippen LogP contribution in [0.15, 0.2) is 60.7 Å². The summed E-state index contributed by atoms with van der Waals surface area (Å²) in [6.07, 6.45) is 1.34. The summed E-state index contributed by atoms with van der Waals surface area (Å²) in [7, 11) is 0. The van der Waals surface area contributed by atoms with Gasteiger partial charge in [-0.1, -0.05) is 80.4 Å². The van der Waals surface area contributed by atoms with Crippen LogP contribution >= 0.6 is 0 Å². The first-order chi connectivity index (χ1) is 16.8. The van der Waals surface area contributed by atoms with E-state index in [1.165, 1.54) is 0 Å². The monoisotopic (exact) mass is 483 g/mol. The molecule has 3 atom stereocenters. The molecule has 35 heavy (non-hydrogen) atoms. The fourth-order valence-electron chi connectivity index (χ4n) is 3.59. The molecule has 0 saturated carbocycles. The summed E-state index contributed by atoms with van der Waals surface area (Å²) in [4.78, 5) is 48.9. The minimum atomic E-state index is -1.50. The smallest absolute Gasteiger partial charge is 0.408 e. The normalized spacial score (nSPS) is 13.2. The molecule has 0 spiro atoms. The molecule has 5 N–H and O–H groups in total. The highest BCUT2D eigenvalue weighted by molar-refractivity contribution is 6.02. The average Bonchev–Trinajstić information content (AvgIpc) is 2.85. The molecule has 0 saturated heterocycles. The predicted octanol–water partition coefficient (Wildman–Crippen LogP) is 2.78. The number of aliphatic carboxylic acids is 1. The molecule has 0 aromatic heterocycles. The highest BCUT2D eigenvalue weighted by atomic mass is 16.5. The second-order valence-corrected chi connectivity index (χ2v) is 8.33. The van der Waals surface area contributed by atoms with Crippen LogP contribution in [-0.2, 0) is 32.1 Å². The number of rotatable bonds is 13. The summed E-state index contributed by atoms with van der Waals surface area (Å²) in [5.41, 5.74) is 7.97. The summed E-state index contributed by atoms with van der Waals surface area (Å²) in [5, 5.41) is 13.6. The highest BCUT2D eigenvalue weighted by Crippen LogP contribution is 2.18. The highest BCUT2D eigenvalue weighted by Gasteiger charge is 2.30. The maximum Gasteiger partial charge on any atom is 0.408 e.